The highest BCUT2D eigenvalue weighted by Gasteiger charge is 2.08. The summed E-state index contributed by atoms with van der Waals surface area (Å²) in [6.07, 6.45) is 2.21. The minimum absolute atomic E-state index is 0.0840. The molecule has 0 aliphatic heterocycles. The Bertz CT molecular complexity index is 559. The minimum atomic E-state index is -0.346. The third-order valence-electron chi connectivity index (χ3n) is 3.01. The molecule has 0 saturated carbocycles. The third-order valence-corrected chi connectivity index (χ3v) is 3.01. The van der Waals surface area contributed by atoms with Crippen molar-refractivity contribution < 1.29 is 9.53 Å². The van der Waals surface area contributed by atoms with Gasteiger partial charge >= 0.3 is 0 Å². The van der Waals surface area contributed by atoms with Crippen molar-refractivity contribution in [1.82, 2.24) is 10.6 Å². The zero-order valence-corrected chi connectivity index (χ0v) is 13.3. The van der Waals surface area contributed by atoms with E-state index in [0.29, 0.717) is 19.0 Å². The highest BCUT2D eigenvalue weighted by atomic mass is 16.5. The number of methoxy groups -OCH3 is 1. The maximum Gasteiger partial charge on any atom is 0.263 e. The van der Waals surface area contributed by atoms with Gasteiger partial charge in [0.25, 0.3) is 5.91 Å². The molecule has 0 radical (unpaired) electrons. The van der Waals surface area contributed by atoms with Gasteiger partial charge in [-0.25, -0.2) is 0 Å². The van der Waals surface area contributed by atoms with Crippen LogP contribution in [0.4, 0.5) is 0 Å². The van der Waals surface area contributed by atoms with Crippen molar-refractivity contribution >= 4 is 5.91 Å². The predicted molar refractivity (Wildman–Crippen MR) is 86.2 cm³/mol. The van der Waals surface area contributed by atoms with Crippen LogP contribution < -0.4 is 15.4 Å². The van der Waals surface area contributed by atoms with E-state index in [0.717, 1.165) is 17.7 Å². The van der Waals surface area contributed by atoms with E-state index < -0.39 is 0 Å². The van der Waals surface area contributed by atoms with Crippen LogP contribution in [0.15, 0.2) is 36.0 Å². The molecule has 0 unspecified atom stereocenters. The van der Waals surface area contributed by atoms with Crippen LogP contribution in [0.2, 0.25) is 0 Å². The lowest BCUT2D eigenvalue weighted by Gasteiger charge is -2.09. The zero-order chi connectivity index (χ0) is 16.4. The number of hydrogen-bond donors (Lipinski definition) is 2. The maximum absolute atomic E-state index is 11.8. The van der Waals surface area contributed by atoms with E-state index in [1.807, 2.05) is 44.2 Å². The highest BCUT2D eigenvalue weighted by Crippen LogP contribution is 2.17. The van der Waals surface area contributed by atoms with Gasteiger partial charge in [0.15, 0.2) is 0 Å². The molecule has 0 atom stereocenters. The number of carbonyl (C=O) groups is 1. The Morgan fingerprint density at radius 3 is 2.77 bits per heavy atom. The lowest BCUT2D eigenvalue weighted by molar-refractivity contribution is -0.117. The minimum Gasteiger partial charge on any atom is -0.496 e. The van der Waals surface area contributed by atoms with Crippen LogP contribution in [0.25, 0.3) is 0 Å². The molecule has 0 bridgehead atoms. The lowest BCUT2D eigenvalue weighted by atomic mass is 10.1. The largest absolute Gasteiger partial charge is 0.496 e. The van der Waals surface area contributed by atoms with Crippen LogP contribution in [0.5, 0.6) is 5.75 Å². The summed E-state index contributed by atoms with van der Waals surface area (Å²) in [5, 5.41) is 14.7. The van der Waals surface area contributed by atoms with Gasteiger partial charge in [0.05, 0.1) is 7.11 Å². The number of para-hydroxylation sites is 1. The van der Waals surface area contributed by atoms with Gasteiger partial charge in [-0.15, -0.1) is 0 Å². The lowest BCUT2D eigenvalue weighted by Crippen LogP contribution is -2.29. The molecule has 2 N–H and O–H groups in total. The molecular weight excluding hydrogens is 278 g/mol. The number of ether oxygens (including phenoxy) is 1. The maximum atomic E-state index is 11.8. The van der Waals surface area contributed by atoms with Gasteiger partial charge in [-0.05, 0) is 24.0 Å². The van der Waals surface area contributed by atoms with E-state index in [2.05, 4.69) is 10.6 Å². The van der Waals surface area contributed by atoms with Gasteiger partial charge in [0.1, 0.15) is 17.4 Å². The van der Waals surface area contributed by atoms with Gasteiger partial charge in [-0.2, -0.15) is 5.26 Å². The molecule has 118 valence electrons. The highest BCUT2D eigenvalue weighted by molar-refractivity contribution is 5.97. The van der Waals surface area contributed by atoms with Gasteiger partial charge in [0.2, 0.25) is 0 Å². The van der Waals surface area contributed by atoms with Gasteiger partial charge in [-0.1, -0.05) is 32.0 Å². The summed E-state index contributed by atoms with van der Waals surface area (Å²) in [6, 6.07) is 9.68. The summed E-state index contributed by atoms with van der Waals surface area (Å²) in [5.74, 6) is 0.840. The quantitative estimate of drug-likeness (QED) is 0.437. The average Bonchev–Trinajstić information content (AvgIpc) is 2.53. The van der Waals surface area contributed by atoms with Crippen molar-refractivity contribution in [2.45, 2.75) is 20.3 Å². The fourth-order valence-corrected chi connectivity index (χ4v) is 1.83. The van der Waals surface area contributed by atoms with Crippen LogP contribution >= 0.6 is 0 Å². The molecule has 0 fully saturated rings. The van der Waals surface area contributed by atoms with Crippen molar-refractivity contribution in [2.75, 3.05) is 20.2 Å². The molecule has 1 rings (SSSR count). The molecule has 1 amide bonds. The number of carbonyl (C=O) groups excluding carboxylic acids is 1. The number of benzene rings is 1. The summed E-state index contributed by atoms with van der Waals surface area (Å²) >= 11 is 0. The van der Waals surface area contributed by atoms with Crippen molar-refractivity contribution in [2.24, 2.45) is 5.92 Å². The van der Waals surface area contributed by atoms with Gasteiger partial charge in [0, 0.05) is 19.3 Å². The Morgan fingerprint density at radius 1 is 1.41 bits per heavy atom. The molecule has 22 heavy (non-hydrogen) atoms. The number of nitriles is 1. The van der Waals surface area contributed by atoms with E-state index in [1.165, 1.54) is 6.20 Å². The monoisotopic (exact) mass is 301 g/mol. The normalized spacial score (nSPS) is 11.0. The van der Waals surface area contributed by atoms with E-state index in [9.17, 15) is 4.79 Å². The smallest absolute Gasteiger partial charge is 0.263 e. The van der Waals surface area contributed by atoms with Crippen LogP contribution in [0, 0.1) is 17.2 Å². The zero-order valence-electron chi connectivity index (χ0n) is 13.3. The Labute approximate surface area is 132 Å². The Hall–Kier alpha value is -2.48. The second-order valence-electron chi connectivity index (χ2n) is 5.29. The number of hydrogen-bond acceptors (Lipinski definition) is 4. The van der Waals surface area contributed by atoms with Crippen molar-refractivity contribution in [3.63, 3.8) is 0 Å². The first kappa shape index (κ1) is 17.6. The molecule has 5 nitrogen and oxygen atoms in total. The van der Waals surface area contributed by atoms with Crippen LogP contribution in [-0.4, -0.2) is 26.1 Å². The van der Waals surface area contributed by atoms with Gasteiger partial charge in [-0.3, -0.25) is 4.79 Å². The molecule has 0 aromatic heterocycles. The van der Waals surface area contributed by atoms with E-state index in [1.54, 1.807) is 7.11 Å². The van der Waals surface area contributed by atoms with E-state index in [-0.39, 0.29) is 11.5 Å². The van der Waals surface area contributed by atoms with Crippen LogP contribution in [0.1, 0.15) is 19.4 Å². The average molecular weight is 301 g/mol. The Kier molecular flexibility index (Phi) is 7.55. The topological polar surface area (TPSA) is 74.1 Å². The Morgan fingerprint density at radius 2 is 2.14 bits per heavy atom. The number of nitrogens with one attached hydrogen (secondary N) is 2. The molecule has 0 aliphatic carbocycles. The second-order valence-corrected chi connectivity index (χ2v) is 5.29. The first-order valence-electron chi connectivity index (χ1n) is 7.32. The first-order chi connectivity index (χ1) is 10.6. The molecule has 1 aromatic rings. The summed E-state index contributed by atoms with van der Waals surface area (Å²) < 4.78 is 5.28. The SMILES string of the molecule is COc1ccccc1CCN/C=C(/C#N)C(=O)NCC(C)C. The van der Waals surface area contributed by atoms with Crippen molar-refractivity contribution in [3.8, 4) is 11.8 Å². The molecule has 0 aliphatic rings. The van der Waals surface area contributed by atoms with Crippen molar-refractivity contribution in [3.05, 3.63) is 41.6 Å². The first-order valence-corrected chi connectivity index (χ1v) is 7.32. The molecule has 0 heterocycles. The Balaban J connectivity index is 2.49. The number of amides is 1. The predicted octanol–water partition coefficient (Wildman–Crippen LogP) is 2.01. The van der Waals surface area contributed by atoms with E-state index >= 15 is 0 Å². The third kappa shape index (κ3) is 5.88. The van der Waals surface area contributed by atoms with Crippen molar-refractivity contribution in [1.29, 1.82) is 5.26 Å². The van der Waals surface area contributed by atoms with Crippen LogP contribution in [0.3, 0.4) is 0 Å². The summed E-state index contributed by atoms with van der Waals surface area (Å²) in [4.78, 5) is 11.8. The van der Waals surface area contributed by atoms with E-state index in [4.69, 9.17) is 10.00 Å². The van der Waals surface area contributed by atoms with Gasteiger partial charge < -0.3 is 15.4 Å². The number of rotatable bonds is 8. The standard InChI is InChI=1S/C17H23N3O2/c1-13(2)11-20-17(21)15(10-18)12-19-9-8-14-6-4-5-7-16(14)22-3/h4-7,12-13,19H,8-9,11H2,1-3H3,(H,20,21)/b15-12-. The molecule has 0 saturated heterocycles. The van der Waals surface area contributed by atoms with Crippen LogP contribution in [-0.2, 0) is 11.2 Å². The fraction of sp³-hybridized carbons (Fsp3) is 0.412. The number of nitrogens with zero attached hydrogens (tertiary/aromatic N) is 1. The molecular formula is C17H23N3O2. The summed E-state index contributed by atoms with van der Waals surface area (Å²) in [7, 11) is 1.64. The fourth-order valence-electron chi connectivity index (χ4n) is 1.83. The molecule has 5 heteroatoms. The molecule has 1 aromatic carbocycles. The molecule has 0 spiro atoms. The second kappa shape index (κ2) is 9.46. The summed E-state index contributed by atoms with van der Waals surface area (Å²) in [5.41, 5.74) is 1.16. The summed E-state index contributed by atoms with van der Waals surface area (Å²) in [6.45, 7) is 5.17.